The van der Waals surface area contributed by atoms with E-state index in [0.29, 0.717) is 43.2 Å². The van der Waals surface area contributed by atoms with Crippen LogP contribution in [0.2, 0.25) is 0 Å². The van der Waals surface area contributed by atoms with Crippen LogP contribution >= 0.6 is 0 Å². The van der Waals surface area contributed by atoms with Gasteiger partial charge in [-0.1, -0.05) is 18.2 Å². The van der Waals surface area contributed by atoms with E-state index in [9.17, 15) is 9.59 Å². The van der Waals surface area contributed by atoms with Crippen LogP contribution in [0.3, 0.4) is 0 Å². The quantitative estimate of drug-likeness (QED) is 0.525. The normalized spacial score (nSPS) is 14.0. The predicted octanol–water partition coefficient (Wildman–Crippen LogP) is 3.18. The van der Waals surface area contributed by atoms with E-state index in [1.54, 1.807) is 33.9 Å². The van der Waals surface area contributed by atoms with Crippen LogP contribution in [0.15, 0.2) is 60.8 Å². The number of para-hydroxylation sites is 1. The summed E-state index contributed by atoms with van der Waals surface area (Å²) in [6.07, 6.45) is 1.71. The molecule has 0 radical (unpaired) electrons. The summed E-state index contributed by atoms with van der Waals surface area (Å²) >= 11 is 0. The Hall–Kier alpha value is -4.07. The molecule has 1 aliphatic heterocycles. The molecule has 1 saturated heterocycles. The Balaban J connectivity index is 1.29. The second-order valence-electron chi connectivity index (χ2n) is 8.11. The van der Waals surface area contributed by atoms with E-state index < -0.39 is 0 Å². The Labute approximate surface area is 191 Å². The summed E-state index contributed by atoms with van der Waals surface area (Å²) in [5.74, 6) is 0.587. The van der Waals surface area contributed by atoms with Crippen molar-refractivity contribution >= 4 is 22.7 Å². The van der Waals surface area contributed by atoms with Gasteiger partial charge in [0, 0.05) is 61.5 Å². The summed E-state index contributed by atoms with van der Waals surface area (Å²) in [5, 5.41) is 5.23. The molecule has 4 aromatic rings. The number of amides is 2. The third kappa shape index (κ3) is 3.84. The third-order valence-corrected chi connectivity index (χ3v) is 6.16. The number of carbonyl (C=O) groups is 2. The molecule has 1 N–H and O–H groups in total. The highest BCUT2D eigenvalue weighted by molar-refractivity contribution is 5.99. The van der Waals surface area contributed by atoms with Crippen molar-refractivity contribution in [2.45, 2.75) is 0 Å². The third-order valence-electron chi connectivity index (χ3n) is 6.16. The number of carbonyl (C=O) groups excluding carboxylic acids is 2. The first-order valence-electron chi connectivity index (χ1n) is 10.9. The second-order valence-corrected chi connectivity index (χ2v) is 8.11. The minimum absolute atomic E-state index is 0.0405. The number of rotatable bonds is 4. The molecule has 0 aliphatic carbocycles. The summed E-state index contributed by atoms with van der Waals surface area (Å²) in [4.78, 5) is 33.0. The van der Waals surface area contributed by atoms with Gasteiger partial charge in [0.1, 0.15) is 11.4 Å². The zero-order chi connectivity index (χ0) is 22.9. The highest BCUT2D eigenvalue weighted by Crippen LogP contribution is 2.31. The Kier molecular flexibility index (Phi) is 5.34. The van der Waals surface area contributed by atoms with Gasteiger partial charge >= 0.3 is 0 Å². The highest BCUT2D eigenvalue weighted by Gasteiger charge is 2.27. The SMILES string of the molecule is COc1ccc(C(=O)N2CCN(C(=O)c3cc4ccccc4[nH]3)CC2)cc1-c1ccnn1C. The Morgan fingerprint density at radius 3 is 2.33 bits per heavy atom. The van der Waals surface area contributed by atoms with Crippen LogP contribution in [0.1, 0.15) is 20.8 Å². The number of aryl methyl sites for hydroxylation is 1. The number of H-pyrrole nitrogens is 1. The molecule has 8 nitrogen and oxygen atoms in total. The summed E-state index contributed by atoms with van der Waals surface area (Å²) < 4.78 is 7.25. The fraction of sp³-hybridized carbons (Fsp3) is 0.240. The van der Waals surface area contributed by atoms with Crippen LogP contribution < -0.4 is 4.74 Å². The molecule has 0 bridgehead atoms. The lowest BCUT2D eigenvalue weighted by molar-refractivity contribution is 0.0533. The number of benzene rings is 2. The molecule has 5 rings (SSSR count). The molecule has 2 aromatic heterocycles. The molecule has 1 fully saturated rings. The van der Waals surface area contributed by atoms with Crippen molar-refractivity contribution in [2.75, 3.05) is 33.3 Å². The number of ether oxygens (including phenoxy) is 1. The first-order chi connectivity index (χ1) is 16.0. The van der Waals surface area contributed by atoms with E-state index in [1.807, 2.05) is 55.6 Å². The van der Waals surface area contributed by atoms with Gasteiger partial charge in [-0.15, -0.1) is 0 Å². The molecule has 3 heterocycles. The van der Waals surface area contributed by atoms with Gasteiger partial charge in [-0.2, -0.15) is 5.10 Å². The van der Waals surface area contributed by atoms with E-state index >= 15 is 0 Å². The fourth-order valence-corrected chi connectivity index (χ4v) is 4.33. The number of aromatic nitrogens is 3. The zero-order valence-electron chi connectivity index (χ0n) is 18.6. The molecule has 0 saturated carbocycles. The lowest BCUT2D eigenvalue weighted by Crippen LogP contribution is -2.50. The monoisotopic (exact) mass is 443 g/mol. The molecule has 0 unspecified atom stereocenters. The van der Waals surface area contributed by atoms with Crippen LogP contribution in [0, 0.1) is 0 Å². The lowest BCUT2D eigenvalue weighted by atomic mass is 10.1. The minimum Gasteiger partial charge on any atom is -0.496 e. The maximum Gasteiger partial charge on any atom is 0.270 e. The number of aromatic amines is 1. The van der Waals surface area contributed by atoms with Crippen LogP contribution in [-0.4, -0.2) is 69.7 Å². The van der Waals surface area contributed by atoms with Crippen molar-refractivity contribution in [3.8, 4) is 17.0 Å². The number of piperazine rings is 1. The number of nitrogens with zero attached hydrogens (tertiary/aromatic N) is 4. The fourth-order valence-electron chi connectivity index (χ4n) is 4.33. The first kappa shape index (κ1) is 20.8. The van der Waals surface area contributed by atoms with Crippen molar-refractivity contribution in [1.82, 2.24) is 24.6 Å². The number of hydrogen-bond acceptors (Lipinski definition) is 4. The molecule has 33 heavy (non-hydrogen) atoms. The molecule has 0 atom stereocenters. The standard InChI is InChI=1S/C25H25N5O3/c1-28-22(9-10-26-28)19-15-18(7-8-23(19)33-2)24(31)29-11-13-30(14-12-29)25(32)21-16-17-5-3-4-6-20(17)27-21/h3-10,15-16,27H,11-14H2,1-2H3. The van der Waals surface area contributed by atoms with Crippen LogP contribution in [-0.2, 0) is 7.05 Å². The molecular weight excluding hydrogens is 418 g/mol. The molecular formula is C25H25N5O3. The van der Waals surface area contributed by atoms with E-state index in [1.165, 1.54) is 0 Å². The number of hydrogen-bond donors (Lipinski definition) is 1. The first-order valence-corrected chi connectivity index (χ1v) is 10.9. The smallest absolute Gasteiger partial charge is 0.270 e. The summed E-state index contributed by atoms with van der Waals surface area (Å²) in [7, 11) is 3.47. The van der Waals surface area contributed by atoms with Gasteiger partial charge in [-0.3, -0.25) is 14.3 Å². The predicted molar refractivity (Wildman–Crippen MR) is 125 cm³/mol. The van der Waals surface area contributed by atoms with Gasteiger partial charge in [0.2, 0.25) is 0 Å². The van der Waals surface area contributed by atoms with Crippen molar-refractivity contribution < 1.29 is 14.3 Å². The van der Waals surface area contributed by atoms with Crippen LogP contribution in [0.4, 0.5) is 0 Å². The molecule has 1 aliphatic rings. The summed E-state index contributed by atoms with van der Waals surface area (Å²) in [6.45, 7) is 1.95. The molecule has 0 spiro atoms. The van der Waals surface area contributed by atoms with Crippen molar-refractivity contribution in [3.05, 3.63) is 72.1 Å². The van der Waals surface area contributed by atoms with Gasteiger partial charge in [-0.05, 0) is 36.4 Å². The van der Waals surface area contributed by atoms with Crippen molar-refractivity contribution in [3.63, 3.8) is 0 Å². The maximum absolute atomic E-state index is 13.2. The van der Waals surface area contributed by atoms with Crippen molar-refractivity contribution in [2.24, 2.45) is 7.05 Å². The lowest BCUT2D eigenvalue weighted by Gasteiger charge is -2.34. The maximum atomic E-state index is 13.2. The molecule has 168 valence electrons. The molecule has 2 aromatic carbocycles. The largest absolute Gasteiger partial charge is 0.496 e. The summed E-state index contributed by atoms with van der Waals surface area (Å²) in [5.41, 5.74) is 3.79. The Bertz CT molecular complexity index is 1300. The number of nitrogens with one attached hydrogen (secondary N) is 1. The zero-order valence-corrected chi connectivity index (χ0v) is 18.6. The van der Waals surface area contributed by atoms with Crippen LogP contribution in [0.25, 0.3) is 22.2 Å². The van der Waals surface area contributed by atoms with Gasteiger partial charge in [-0.25, -0.2) is 0 Å². The van der Waals surface area contributed by atoms with E-state index in [-0.39, 0.29) is 11.8 Å². The average molecular weight is 444 g/mol. The highest BCUT2D eigenvalue weighted by atomic mass is 16.5. The van der Waals surface area contributed by atoms with Gasteiger partial charge < -0.3 is 19.5 Å². The topological polar surface area (TPSA) is 83.5 Å². The van der Waals surface area contributed by atoms with Gasteiger partial charge in [0.15, 0.2) is 0 Å². The van der Waals surface area contributed by atoms with Crippen molar-refractivity contribution in [1.29, 1.82) is 0 Å². The van der Waals surface area contributed by atoms with E-state index in [4.69, 9.17) is 4.74 Å². The number of fused-ring (bicyclic) bond motifs is 1. The Morgan fingerprint density at radius 1 is 0.939 bits per heavy atom. The minimum atomic E-state index is -0.0567. The average Bonchev–Trinajstić information content (AvgIpc) is 3.49. The second kappa shape index (κ2) is 8.46. The number of methoxy groups -OCH3 is 1. The Morgan fingerprint density at radius 2 is 1.67 bits per heavy atom. The summed E-state index contributed by atoms with van der Waals surface area (Å²) in [6, 6.07) is 17.0. The van der Waals surface area contributed by atoms with E-state index in [2.05, 4.69) is 10.1 Å². The van der Waals surface area contributed by atoms with E-state index in [0.717, 1.165) is 22.2 Å². The van der Waals surface area contributed by atoms with Gasteiger partial charge in [0.05, 0.1) is 12.8 Å². The molecule has 2 amide bonds. The molecule has 8 heteroatoms. The van der Waals surface area contributed by atoms with Gasteiger partial charge in [0.25, 0.3) is 11.8 Å². The van der Waals surface area contributed by atoms with Crippen LogP contribution in [0.5, 0.6) is 5.75 Å².